The molecule has 15 heteroatoms. The predicted octanol–water partition coefficient (Wildman–Crippen LogP) is 3.61. The van der Waals surface area contributed by atoms with Crippen molar-refractivity contribution in [1.82, 2.24) is 25.2 Å². The average Bonchev–Trinajstić information content (AvgIpc) is 3.99. The number of sulfonamides is 1. The molecule has 6 rings (SSSR count). The molecule has 1 aromatic carbocycles. The van der Waals surface area contributed by atoms with Crippen molar-refractivity contribution in [2.45, 2.75) is 133 Å². The number of hydrogen-bond acceptors (Lipinski definition) is 9. The van der Waals surface area contributed by atoms with Crippen molar-refractivity contribution >= 4 is 39.9 Å². The number of amides is 5. The number of benzene rings is 1. The number of nitrogens with one attached hydrogen (secondary N) is 3. The normalized spacial score (nSPS) is 29.7. The molecule has 52 heavy (non-hydrogen) atoms. The summed E-state index contributed by atoms with van der Waals surface area (Å²) >= 11 is 0. The van der Waals surface area contributed by atoms with E-state index in [1.807, 2.05) is 43.3 Å². The van der Waals surface area contributed by atoms with Crippen LogP contribution >= 0.6 is 0 Å². The number of carbonyl (C=O) groups excluding carboxylic acids is 5. The van der Waals surface area contributed by atoms with Crippen molar-refractivity contribution in [1.29, 1.82) is 0 Å². The molecule has 0 aromatic heterocycles. The zero-order chi connectivity index (χ0) is 37.4. The van der Waals surface area contributed by atoms with Crippen LogP contribution in [0.3, 0.4) is 0 Å². The van der Waals surface area contributed by atoms with Crippen LogP contribution in [0.1, 0.15) is 103 Å². The van der Waals surface area contributed by atoms with E-state index in [1.165, 1.54) is 10.5 Å². The van der Waals surface area contributed by atoms with Gasteiger partial charge in [-0.3, -0.25) is 19.1 Å². The van der Waals surface area contributed by atoms with Gasteiger partial charge in [0.05, 0.1) is 11.8 Å². The van der Waals surface area contributed by atoms with Gasteiger partial charge in [0.15, 0.2) is 0 Å². The van der Waals surface area contributed by atoms with Crippen LogP contribution in [-0.4, -0.2) is 95.8 Å². The first-order valence-electron chi connectivity index (χ1n) is 18.4. The van der Waals surface area contributed by atoms with E-state index in [1.54, 1.807) is 25.7 Å². The Morgan fingerprint density at radius 3 is 2.50 bits per heavy atom. The highest BCUT2D eigenvalue weighted by molar-refractivity contribution is 7.91. The lowest BCUT2D eigenvalue weighted by Gasteiger charge is -2.33. The van der Waals surface area contributed by atoms with E-state index < -0.39 is 80.4 Å². The fraction of sp³-hybridized carbons (Fsp3) is 0.649. The summed E-state index contributed by atoms with van der Waals surface area (Å²) in [6, 6.07) is 5.70. The number of fused-ring (bicyclic) bond motifs is 3. The number of alkyl carbamates (subject to hydrolysis) is 1. The predicted molar refractivity (Wildman–Crippen MR) is 190 cm³/mol. The van der Waals surface area contributed by atoms with Crippen LogP contribution in [0.5, 0.6) is 0 Å². The van der Waals surface area contributed by atoms with E-state index in [4.69, 9.17) is 9.47 Å². The second-order valence-electron chi connectivity index (χ2n) is 15.9. The van der Waals surface area contributed by atoms with Crippen LogP contribution in [0.25, 0.3) is 0 Å². The Morgan fingerprint density at radius 2 is 1.77 bits per heavy atom. The lowest BCUT2D eigenvalue weighted by molar-refractivity contribution is -0.141. The monoisotopic (exact) mass is 741 g/mol. The van der Waals surface area contributed by atoms with E-state index in [-0.39, 0.29) is 31.7 Å². The highest BCUT2D eigenvalue weighted by Gasteiger charge is 2.62. The Kier molecular flexibility index (Phi) is 10.6. The van der Waals surface area contributed by atoms with Gasteiger partial charge < -0.3 is 29.9 Å². The van der Waals surface area contributed by atoms with Gasteiger partial charge in [0.1, 0.15) is 29.3 Å². The quantitative estimate of drug-likeness (QED) is 0.380. The molecule has 5 amide bonds. The van der Waals surface area contributed by atoms with Gasteiger partial charge in [-0.05, 0) is 76.3 Å². The summed E-state index contributed by atoms with van der Waals surface area (Å²) in [5.41, 5.74) is -0.155. The van der Waals surface area contributed by atoms with Crippen molar-refractivity contribution in [2.24, 2.45) is 5.92 Å². The van der Waals surface area contributed by atoms with Crippen LogP contribution in [0.2, 0.25) is 0 Å². The molecular formula is C37H51N5O9S. The number of nitrogens with zero attached hydrogens (tertiary/aromatic N) is 2. The lowest BCUT2D eigenvalue weighted by atomic mass is 9.91. The van der Waals surface area contributed by atoms with E-state index in [0.717, 1.165) is 18.4 Å². The van der Waals surface area contributed by atoms with Crippen molar-refractivity contribution in [2.75, 3.05) is 13.1 Å². The number of rotatable bonds is 5. The summed E-state index contributed by atoms with van der Waals surface area (Å²) in [6.45, 7) is 7.86. The van der Waals surface area contributed by atoms with Crippen LogP contribution in [0.15, 0.2) is 36.4 Å². The molecule has 1 aromatic rings. The zero-order valence-electron chi connectivity index (χ0n) is 30.4. The van der Waals surface area contributed by atoms with Gasteiger partial charge in [-0.2, -0.15) is 0 Å². The average molecular weight is 742 g/mol. The molecule has 2 aliphatic carbocycles. The number of allylic oxidation sites excluding steroid dienone is 1. The van der Waals surface area contributed by atoms with Crippen molar-refractivity contribution in [3.63, 3.8) is 0 Å². The number of ether oxygens (including phenoxy) is 2. The maximum Gasteiger partial charge on any atom is 0.410 e. The van der Waals surface area contributed by atoms with Crippen molar-refractivity contribution < 1.29 is 41.9 Å². The van der Waals surface area contributed by atoms with Gasteiger partial charge in [-0.15, -0.1) is 0 Å². The third-order valence-corrected chi connectivity index (χ3v) is 12.3. The second kappa shape index (κ2) is 14.7. The third kappa shape index (κ3) is 8.56. The Labute approximate surface area is 305 Å². The maximum atomic E-state index is 14.4. The van der Waals surface area contributed by atoms with E-state index in [2.05, 4.69) is 15.4 Å². The van der Waals surface area contributed by atoms with Gasteiger partial charge in [0.2, 0.25) is 21.8 Å². The summed E-state index contributed by atoms with van der Waals surface area (Å²) < 4.78 is 39.2. The molecule has 0 radical (unpaired) electrons. The standard InChI is InChI=1S/C37H51N5O9S/c1-23-20-41(21-24-12-10-11-14-28(23)24)35(47)50-26-18-30-31(43)39-37(33(45)40-52(48,49)27-16-17-27)19-25(37)13-8-6-5-7-9-15-29(32(44)42(30)22-26)38-34(46)51-36(2,3)4/h8,10-14,23,25-27,29-30H,5-7,9,15-22H2,1-4H3,(H,38,46)(H,39,43)(H,40,45)/t23-,25-,26-,29+,30+,37-/m1/s1. The summed E-state index contributed by atoms with van der Waals surface area (Å²) in [5.74, 6) is -2.39. The molecule has 6 atom stereocenters. The van der Waals surface area contributed by atoms with Gasteiger partial charge in [-0.1, -0.05) is 56.2 Å². The lowest BCUT2D eigenvalue weighted by Crippen LogP contribution is -2.58. The fourth-order valence-corrected chi connectivity index (χ4v) is 8.88. The van der Waals surface area contributed by atoms with Crippen LogP contribution in [0.4, 0.5) is 9.59 Å². The number of carbonyl (C=O) groups is 5. The van der Waals surface area contributed by atoms with Gasteiger partial charge >= 0.3 is 12.2 Å². The molecule has 0 bridgehead atoms. The molecule has 2 saturated carbocycles. The zero-order valence-corrected chi connectivity index (χ0v) is 31.2. The molecule has 1 saturated heterocycles. The SMILES string of the molecule is C[C@@H]1CN(C(=O)O[C@@H]2C[C@H]3C(=O)N[C@]4(C(=O)NS(=O)(=O)C5CC5)C[C@H]4C=CCCCCC[C@H](NC(=O)OC(C)(C)C)C(=O)N3C2)Cc2ccccc21. The molecule has 0 unspecified atom stereocenters. The molecular weight excluding hydrogens is 690 g/mol. The smallest absolute Gasteiger partial charge is 0.410 e. The van der Waals surface area contributed by atoms with E-state index in [9.17, 15) is 32.4 Å². The number of hydrogen-bond donors (Lipinski definition) is 3. The van der Waals surface area contributed by atoms with Crippen molar-refractivity contribution in [3.05, 3.63) is 47.5 Å². The first kappa shape index (κ1) is 37.6. The largest absolute Gasteiger partial charge is 0.444 e. The van der Waals surface area contributed by atoms with Crippen LogP contribution < -0.4 is 15.4 Å². The van der Waals surface area contributed by atoms with Crippen LogP contribution in [0, 0.1) is 5.92 Å². The molecule has 284 valence electrons. The minimum absolute atomic E-state index is 0.0545. The molecule has 3 N–H and O–H groups in total. The van der Waals surface area contributed by atoms with E-state index >= 15 is 0 Å². The summed E-state index contributed by atoms with van der Waals surface area (Å²) in [4.78, 5) is 71.6. The summed E-state index contributed by atoms with van der Waals surface area (Å²) in [6.07, 6.45) is 5.73. The van der Waals surface area contributed by atoms with Gasteiger partial charge in [0, 0.05) is 25.4 Å². The molecule has 14 nitrogen and oxygen atoms in total. The van der Waals surface area contributed by atoms with Gasteiger partial charge in [-0.25, -0.2) is 18.0 Å². The maximum absolute atomic E-state index is 14.4. The Balaban J connectivity index is 1.25. The Morgan fingerprint density at radius 1 is 1.02 bits per heavy atom. The first-order chi connectivity index (χ1) is 24.6. The van der Waals surface area contributed by atoms with Crippen LogP contribution in [-0.2, 0) is 40.4 Å². The minimum atomic E-state index is -3.90. The highest BCUT2D eigenvalue weighted by Crippen LogP contribution is 2.46. The topological polar surface area (TPSA) is 181 Å². The third-order valence-electron chi connectivity index (χ3n) is 10.5. The Bertz CT molecular complexity index is 1720. The summed E-state index contributed by atoms with van der Waals surface area (Å²) in [7, 11) is -3.90. The van der Waals surface area contributed by atoms with Crippen molar-refractivity contribution in [3.8, 4) is 0 Å². The minimum Gasteiger partial charge on any atom is -0.444 e. The fourth-order valence-electron chi connectivity index (χ4n) is 7.51. The molecule has 3 fully saturated rings. The molecule has 3 aliphatic heterocycles. The highest BCUT2D eigenvalue weighted by atomic mass is 32.2. The molecule has 5 aliphatic rings. The first-order valence-corrected chi connectivity index (χ1v) is 20.0. The molecule has 0 spiro atoms. The van der Waals surface area contributed by atoms with Gasteiger partial charge in [0.25, 0.3) is 5.91 Å². The Hall–Kier alpha value is -4.14. The van der Waals surface area contributed by atoms with E-state index in [0.29, 0.717) is 38.8 Å². The summed E-state index contributed by atoms with van der Waals surface area (Å²) in [5, 5.41) is 4.90. The molecule has 3 heterocycles. The second-order valence-corrected chi connectivity index (χ2v) is 17.9.